The van der Waals surface area contributed by atoms with Crippen LogP contribution in [0.3, 0.4) is 0 Å². The third-order valence-corrected chi connectivity index (χ3v) is 6.16. The number of carbonyl (C=O) groups is 2. The molecule has 11 heteroatoms. The molecule has 0 saturated heterocycles. The molecule has 0 aliphatic carbocycles. The summed E-state index contributed by atoms with van der Waals surface area (Å²) < 4.78 is 11.1. The fraction of sp³-hybridized carbons (Fsp3) is 0.0417. The first-order valence-corrected chi connectivity index (χ1v) is 11.6. The van der Waals surface area contributed by atoms with E-state index in [1.165, 1.54) is 18.4 Å². The van der Waals surface area contributed by atoms with Crippen molar-refractivity contribution in [1.29, 1.82) is 0 Å². The van der Waals surface area contributed by atoms with Gasteiger partial charge >= 0.3 is 0 Å². The number of fused-ring (bicyclic) bond motifs is 1. The molecule has 0 bridgehead atoms. The average molecular weight is 603 g/mol. The number of rotatable bonds is 6. The van der Waals surface area contributed by atoms with Gasteiger partial charge in [0, 0.05) is 11.1 Å². The molecule has 0 atom stereocenters. The van der Waals surface area contributed by atoms with E-state index in [4.69, 9.17) is 9.47 Å². The lowest BCUT2D eigenvalue weighted by Crippen LogP contribution is -2.32. The van der Waals surface area contributed by atoms with Crippen LogP contribution in [0, 0.1) is 0 Å². The lowest BCUT2D eigenvalue weighted by atomic mass is 10.1. The van der Waals surface area contributed by atoms with Crippen LogP contribution in [0.5, 0.6) is 23.0 Å². The summed E-state index contributed by atoms with van der Waals surface area (Å²) in [4.78, 5) is 25.6. The molecule has 0 aromatic heterocycles. The van der Waals surface area contributed by atoms with Gasteiger partial charge in [-0.05, 0) is 73.8 Å². The van der Waals surface area contributed by atoms with Crippen molar-refractivity contribution in [1.82, 2.24) is 10.7 Å². The summed E-state index contributed by atoms with van der Waals surface area (Å²) >= 11 is 6.24. The number of aromatic hydroxyl groups is 2. The second-order valence-corrected chi connectivity index (χ2v) is 8.80. The monoisotopic (exact) mass is 601 g/mol. The summed E-state index contributed by atoms with van der Waals surface area (Å²) in [6.45, 7) is 0.103. The Hall–Kier alpha value is -3.83. The molecule has 0 spiro atoms. The van der Waals surface area contributed by atoms with Crippen LogP contribution in [-0.4, -0.2) is 35.0 Å². The lowest BCUT2D eigenvalue weighted by Gasteiger charge is -2.10. The summed E-state index contributed by atoms with van der Waals surface area (Å²) in [6, 6.07) is 14.9. The van der Waals surface area contributed by atoms with Gasteiger partial charge in [0.2, 0.25) is 6.79 Å². The standard InChI is InChI=1S/C24H17Br2N3O6/c25-16-10-15(21(30)20(26)22(16)31)11-27-29-24(33)17(28-23(32)14-4-2-1-3-5-14)8-13-6-7-18-19(9-13)35-12-34-18/h1-11,30-31H,12H2,(H,28,32)(H,29,33)/b17-8?,27-11+. The molecule has 0 radical (unpaired) electrons. The molecule has 2 amide bonds. The minimum atomic E-state index is -0.709. The number of halogens is 2. The molecule has 9 nitrogen and oxygen atoms in total. The SMILES string of the molecule is O=C(N/N=C/c1cc(Br)c(O)c(Br)c1O)C(=Cc1ccc2c(c1)OCO2)NC(=O)c1ccccc1. The van der Waals surface area contributed by atoms with E-state index >= 15 is 0 Å². The molecular weight excluding hydrogens is 586 g/mol. The van der Waals surface area contributed by atoms with Crippen molar-refractivity contribution in [3.63, 3.8) is 0 Å². The zero-order chi connectivity index (χ0) is 24.9. The first kappa shape index (κ1) is 24.3. The van der Waals surface area contributed by atoms with Gasteiger partial charge < -0.3 is 25.0 Å². The van der Waals surface area contributed by atoms with Gasteiger partial charge in [0.05, 0.1) is 10.7 Å². The predicted octanol–water partition coefficient (Wildman–Crippen LogP) is 4.27. The number of nitrogens with zero attached hydrogens (tertiary/aromatic N) is 1. The fourth-order valence-electron chi connectivity index (χ4n) is 3.05. The van der Waals surface area contributed by atoms with E-state index in [0.717, 1.165) is 0 Å². The van der Waals surface area contributed by atoms with Gasteiger partial charge in [-0.1, -0.05) is 24.3 Å². The van der Waals surface area contributed by atoms with Gasteiger partial charge in [0.15, 0.2) is 11.5 Å². The van der Waals surface area contributed by atoms with Gasteiger partial charge in [-0.3, -0.25) is 9.59 Å². The maximum absolute atomic E-state index is 12.9. The number of carbonyl (C=O) groups excluding carboxylic acids is 2. The average Bonchev–Trinajstić information content (AvgIpc) is 3.33. The highest BCUT2D eigenvalue weighted by atomic mass is 79.9. The molecule has 3 aromatic carbocycles. The van der Waals surface area contributed by atoms with Gasteiger partial charge in [0.1, 0.15) is 21.7 Å². The van der Waals surface area contributed by atoms with Crippen LogP contribution in [0.2, 0.25) is 0 Å². The largest absolute Gasteiger partial charge is 0.506 e. The van der Waals surface area contributed by atoms with E-state index < -0.39 is 11.8 Å². The van der Waals surface area contributed by atoms with E-state index in [1.807, 2.05) is 0 Å². The molecule has 1 aliphatic rings. The van der Waals surface area contributed by atoms with E-state index in [2.05, 4.69) is 47.7 Å². The maximum Gasteiger partial charge on any atom is 0.287 e. The number of phenols is 2. The molecule has 3 aromatic rings. The van der Waals surface area contributed by atoms with Gasteiger partial charge in [-0.2, -0.15) is 5.10 Å². The second kappa shape index (κ2) is 10.6. The van der Waals surface area contributed by atoms with E-state index in [1.54, 1.807) is 48.5 Å². The molecular formula is C24H17Br2N3O6. The van der Waals surface area contributed by atoms with Crippen LogP contribution in [0.1, 0.15) is 21.5 Å². The number of amides is 2. The number of benzene rings is 3. The summed E-state index contributed by atoms with van der Waals surface area (Å²) in [5.74, 6) is -0.541. The van der Waals surface area contributed by atoms with Gasteiger partial charge in [-0.25, -0.2) is 5.43 Å². The Balaban J connectivity index is 1.58. The summed E-state index contributed by atoms with van der Waals surface area (Å²) in [6.07, 6.45) is 2.66. The third kappa shape index (κ3) is 5.64. The molecule has 0 saturated carbocycles. The van der Waals surface area contributed by atoms with Crippen LogP contribution >= 0.6 is 31.9 Å². The zero-order valence-electron chi connectivity index (χ0n) is 17.8. The van der Waals surface area contributed by atoms with Crippen LogP contribution < -0.4 is 20.2 Å². The fourth-order valence-corrected chi connectivity index (χ4v) is 4.20. The Labute approximate surface area is 216 Å². The highest BCUT2D eigenvalue weighted by Gasteiger charge is 2.17. The summed E-state index contributed by atoms with van der Waals surface area (Å²) in [7, 11) is 0. The van der Waals surface area contributed by atoms with E-state index in [9.17, 15) is 19.8 Å². The number of hydrogen-bond donors (Lipinski definition) is 4. The molecule has 1 heterocycles. The van der Waals surface area contributed by atoms with Crippen LogP contribution in [-0.2, 0) is 4.79 Å². The highest BCUT2D eigenvalue weighted by molar-refractivity contribution is 9.11. The van der Waals surface area contributed by atoms with Crippen LogP contribution in [0.15, 0.2) is 74.3 Å². The Morgan fingerprint density at radius 2 is 1.71 bits per heavy atom. The first-order valence-electron chi connectivity index (χ1n) is 10.0. The van der Waals surface area contributed by atoms with Crippen LogP contribution in [0.4, 0.5) is 0 Å². The first-order chi connectivity index (χ1) is 16.8. The minimum Gasteiger partial charge on any atom is -0.506 e. The predicted molar refractivity (Wildman–Crippen MR) is 135 cm³/mol. The van der Waals surface area contributed by atoms with Crippen molar-refractivity contribution in [2.45, 2.75) is 0 Å². The summed E-state index contributed by atoms with van der Waals surface area (Å²) in [5, 5.41) is 26.5. The quantitative estimate of drug-likeness (QED) is 0.189. The Morgan fingerprint density at radius 3 is 2.49 bits per heavy atom. The number of hydrogen-bond acceptors (Lipinski definition) is 7. The molecule has 4 N–H and O–H groups in total. The maximum atomic E-state index is 12.9. The molecule has 0 unspecified atom stereocenters. The molecule has 35 heavy (non-hydrogen) atoms. The molecule has 1 aliphatic heterocycles. The minimum absolute atomic E-state index is 0.0677. The molecule has 4 rings (SSSR count). The zero-order valence-corrected chi connectivity index (χ0v) is 21.0. The Bertz CT molecular complexity index is 1360. The topological polar surface area (TPSA) is 129 Å². The van der Waals surface area contributed by atoms with Crippen molar-refractivity contribution in [3.05, 3.63) is 85.9 Å². The highest BCUT2D eigenvalue weighted by Crippen LogP contribution is 2.40. The molecule has 178 valence electrons. The van der Waals surface area contributed by atoms with Gasteiger partial charge in [-0.15, -0.1) is 0 Å². The van der Waals surface area contributed by atoms with Crippen LogP contribution in [0.25, 0.3) is 6.08 Å². The van der Waals surface area contributed by atoms with Crippen molar-refractivity contribution in [2.75, 3.05) is 6.79 Å². The third-order valence-electron chi connectivity index (χ3n) is 4.80. The van der Waals surface area contributed by atoms with Crippen molar-refractivity contribution in [2.24, 2.45) is 5.10 Å². The van der Waals surface area contributed by atoms with Crippen molar-refractivity contribution >= 4 is 56.0 Å². The smallest absolute Gasteiger partial charge is 0.287 e. The molecule has 0 fully saturated rings. The van der Waals surface area contributed by atoms with E-state index in [-0.39, 0.29) is 34.0 Å². The van der Waals surface area contributed by atoms with Crippen molar-refractivity contribution in [3.8, 4) is 23.0 Å². The normalized spacial score (nSPS) is 12.6. The lowest BCUT2D eigenvalue weighted by molar-refractivity contribution is -0.117. The van der Waals surface area contributed by atoms with Crippen molar-refractivity contribution < 1.29 is 29.3 Å². The number of nitrogens with one attached hydrogen (secondary N) is 2. The van der Waals surface area contributed by atoms with E-state index in [0.29, 0.717) is 27.1 Å². The Morgan fingerprint density at radius 1 is 0.971 bits per heavy atom. The number of phenolic OH excluding ortho intramolecular Hbond substituents is 2. The Kier molecular flexibility index (Phi) is 7.37. The number of ether oxygens (including phenoxy) is 2. The second-order valence-electron chi connectivity index (χ2n) is 7.15. The summed E-state index contributed by atoms with van der Waals surface area (Å²) in [5.41, 5.74) is 3.42. The van der Waals surface area contributed by atoms with Gasteiger partial charge in [0.25, 0.3) is 11.8 Å². The number of hydrazone groups is 1.